The minimum absolute atomic E-state index is 0.103. The summed E-state index contributed by atoms with van der Waals surface area (Å²) in [7, 11) is -3.58. The highest BCUT2D eigenvalue weighted by Gasteiger charge is 2.35. The number of nitrogens with zero attached hydrogens (tertiary/aromatic N) is 1. The molecule has 6 nitrogen and oxygen atoms in total. The van der Waals surface area contributed by atoms with E-state index in [2.05, 4.69) is 5.32 Å². The summed E-state index contributed by atoms with van der Waals surface area (Å²) < 4.78 is 32.9. The zero-order valence-corrected chi connectivity index (χ0v) is 18.5. The monoisotopic (exact) mass is 438 g/mol. The lowest BCUT2D eigenvalue weighted by molar-refractivity contribution is -0.121. The first kappa shape index (κ1) is 21.2. The Morgan fingerprint density at radius 1 is 1.06 bits per heavy atom. The highest BCUT2D eigenvalue weighted by molar-refractivity contribution is 7.93. The maximum absolute atomic E-state index is 13.0. The maximum atomic E-state index is 13.0. The van der Waals surface area contributed by atoms with Gasteiger partial charge < -0.3 is 10.1 Å². The Kier molecular flexibility index (Phi) is 5.87. The van der Waals surface area contributed by atoms with E-state index in [1.54, 1.807) is 12.1 Å². The molecule has 1 aliphatic heterocycles. The number of rotatable bonds is 8. The molecule has 0 bridgehead atoms. The number of hydrogen-bond acceptors (Lipinski definition) is 4. The average Bonchev–Trinajstić information content (AvgIpc) is 2.98. The van der Waals surface area contributed by atoms with Crippen LogP contribution in [0.2, 0.25) is 0 Å². The van der Waals surface area contributed by atoms with Crippen molar-refractivity contribution < 1.29 is 17.9 Å². The molecular weight excluding hydrogens is 412 g/mol. The molecule has 7 heteroatoms. The lowest BCUT2D eigenvalue weighted by Gasteiger charge is -2.19. The molecule has 0 aromatic heterocycles. The Morgan fingerprint density at radius 3 is 2.48 bits per heavy atom. The largest absolute Gasteiger partial charge is 0.494 e. The predicted octanol–water partition coefficient (Wildman–Crippen LogP) is 4.40. The van der Waals surface area contributed by atoms with Crippen LogP contribution in [0.4, 0.5) is 5.69 Å². The molecule has 3 aromatic carbocycles. The number of anilines is 1. The van der Waals surface area contributed by atoms with Gasteiger partial charge in [0.15, 0.2) is 0 Å². The highest BCUT2D eigenvalue weighted by atomic mass is 32.2. The summed E-state index contributed by atoms with van der Waals surface area (Å²) in [5.74, 6) is 0.696. The van der Waals surface area contributed by atoms with Crippen molar-refractivity contribution >= 4 is 32.4 Å². The van der Waals surface area contributed by atoms with Crippen LogP contribution >= 0.6 is 0 Å². The summed E-state index contributed by atoms with van der Waals surface area (Å²) in [6.07, 6.45) is 0.686. The zero-order chi connectivity index (χ0) is 22.0. The number of amides is 1. The van der Waals surface area contributed by atoms with Gasteiger partial charge in [-0.05, 0) is 55.5 Å². The molecule has 0 spiro atoms. The van der Waals surface area contributed by atoms with Gasteiger partial charge >= 0.3 is 0 Å². The molecule has 1 N–H and O–H groups in total. The Balaban J connectivity index is 1.36. The molecule has 1 amide bonds. The van der Waals surface area contributed by atoms with Gasteiger partial charge in [0, 0.05) is 18.4 Å². The fourth-order valence-electron chi connectivity index (χ4n) is 4.00. The molecule has 1 aliphatic rings. The molecule has 1 heterocycles. The van der Waals surface area contributed by atoms with Crippen LogP contribution in [0.1, 0.15) is 38.3 Å². The van der Waals surface area contributed by atoms with Crippen LogP contribution in [0.5, 0.6) is 5.75 Å². The van der Waals surface area contributed by atoms with Crippen LogP contribution in [0.25, 0.3) is 10.8 Å². The van der Waals surface area contributed by atoms with Gasteiger partial charge in [-0.3, -0.25) is 9.10 Å². The number of nitrogens with one attached hydrogen (secondary N) is 1. The van der Waals surface area contributed by atoms with Crippen LogP contribution < -0.4 is 14.4 Å². The highest BCUT2D eigenvalue weighted by Crippen LogP contribution is 2.41. The van der Waals surface area contributed by atoms with Crippen LogP contribution in [0.15, 0.2) is 65.6 Å². The van der Waals surface area contributed by atoms with Gasteiger partial charge in [-0.1, -0.05) is 36.4 Å². The van der Waals surface area contributed by atoms with Crippen LogP contribution in [0, 0.1) is 0 Å². The lowest BCUT2D eigenvalue weighted by Crippen LogP contribution is -2.30. The lowest BCUT2D eigenvalue weighted by atomic mass is 10.1. The van der Waals surface area contributed by atoms with Crippen molar-refractivity contribution in [2.24, 2.45) is 0 Å². The van der Waals surface area contributed by atoms with Crippen molar-refractivity contribution in [3.05, 3.63) is 66.2 Å². The first-order chi connectivity index (χ1) is 14.9. The molecule has 4 rings (SSSR count). The van der Waals surface area contributed by atoms with Crippen molar-refractivity contribution in [1.82, 2.24) is 5.32 Å². The smallest absolute Gasteiger partial charge is 0.265 e. The fraction of sp³-hybridized carbons (Fsp3) is 0.292. The van der Waals surface area contributed by atoms with Gasteiger partial charge in [0.1, 0.15) is 5.75 Å². The van der Waals surface area contributed by atoms with Crippen molar-refractivity contribution in [3.8, 4) is 5.75 Å². The van der Waals surface area contributed by atoms with Gasteiger partial charge in [-0.15, -0.1) is 0 Å². The number of carbonyl (C=O) groups is 1. The Labute approximate surface area is 182 Å². The second-order valence-corrected chi connectivity index (χ2v) is 9.43. The first-order valence-electron chi connectivity index (χ1n) is 10.5. The van der Waals surface area contributed by atoms with E-state index in [0.717, 1.165) is 22.1 Å². The van der Waals surface area contributed by atoms with Gasteiger partial charge in [0.2, 0.25) is 5.91 Å². The van der Waals surface area contributed by atoms with Gasteiger partial charge in [-0.25, -0.2) is 8.42 Å². The van der Waals surface area contributed by atoms with E-state index >= 15 is 0 Å². The summed E-state index contributed by atoms with van der Waals surface area (Å²) >= 11 is 0. The Bertz CT molecular complexity index is 1200. The maximum Gasteiger partial charge on any atom is 0.265 e. The fourth-order valence-corrected chi connectivity index (χ4v) is 5.75. The minimum atomic E-state index is -3.58. The summed E-state index contributed by atoms with van der Waals surface area (Å²) in [6.45, 7) is 4.73. The average molecular weight is 439 g/mol. The van der Waals surface area contributed by atoms with Gasteiger partial charge in [0.05, 0.1) is 23.2 Å². The van der Waals surface area contributed by atoms with E-state index in [9.17, 15) is 13.2 Å². The Hall–Kier alpha value is -3.06. The SMILES string of the molecule is CCOc1ccc(C(C)NC(=O)CCCN2c3cccc4cccc(c34)S2(=O)=O)cc1. The molecule has 31 heavy (non-hydrogen) atoms. The summed E-state index contributed by atoms with van der Waals surface area (Å²) in [6, 6.07) is 18.4. The van der Waals surface area contributed by atoms with E-state index in [1.165, 1.54) is 4.31 Å². The number of benzene rings is 3. The number of sulfonamides is 1. The van der Waals surface area contributed by atoms with E-state index in [-0.39, 0.29) is 24.9 Å². The number of hydrogen-bond donors (Lipinski definition) is 1. The molecule has 3 aromatic rings. The third kappa shape index (κ3) is 4.10. The standard InChI is InChI=1S/C24H26N2O4S/c1-3-30-20-14-12-18(13-15-20)17(2)25-23(27)11-6-16-26-21-9-4-7-19-8-5-10-22(24(19)21)31(26,28)29/h4-5,7-10,12-15,17H,3,6,11,16H2,1-2H3,(H,25,27). The Morgan fingerprint density at radius 2 is 1.77 bits per heavy atom. The molecule has 0 aliphatic carbocycles. The minimum Gasteiger partial charge on any atom is -0.494 e. The molecule has 0 radical (unpaired) electrons. The molecule has 1 unspecified atom stereocenters. The predicted molar refractivity (Wildman–Crippen MR) is 122 cm³/mol. The molecular formula is C24H26N2O4S. The first-order valence-corrected chi connectivity index (χ1v) is 11.9. The zero-order valence-electron chi connectivity index (χ0n) is 17.7. The third-order valence-electron chi connectivity index (χ3n) is 5.51. The quantitative estimate of drug-likeness (QED) is 0.565. The molecule has 1 atom stereocenters. The van der Waals surface area contributed by atoms with Crippen LogP contribution in [0.3, 0.4) is 0 Å². The van der Waals surface area contributed by atoms with Gasteiger partial charge in [0.25, 0.3) is 10.0 Å². The molecule has 0 saturated heterocycles. The second kappa shape index (κ2) is 8.59. The molecule has 0 fully saturated rings. The van der Waals surface area contributed by atoms with E-state index in [1.807, 2.05) is 62.4 Å². The van der Waals surface area contributed by atoms with E-state index < -0.39 is 10.0 Å². The topological polar surface area (TPSA) is 75.7 Å². The van der Waals surface area contributed by atoms with Crippen molar-refractivity contribution in [3.63, 3.8) is 0 Å². The van der Waals surface area contributed by atoms with Crippen molar-refractivity contribution in [1.29, 1.82) is 0 Å². The second-order valence-electron chi connectivity index (χ2n) is 7.60. The van der Waals surface area contributed by atoms with Crippen molar-refractivity contribution in [2.75, 3.05) is 17.5 Å². The van der Waals surface area contributed by atoms with E-state index in [0.29, 0.717) is 23.6 Å². The molecule has 162 valence electrons. The van der Waals surface area contributed by atoms with Crippen molar-refractivity contribution in [2.45, 2.75) is 37.6 Å². The third-order valence-corrected chi connectivity index (χ3v) is 7.37. The number of carbonyl (C=O) groups excluding carboxylic acids is 1. The van der Waals surface area contributed by atoms with E-state index in [4.69, 9.17) is 4.74 Å². The normalized spacial score (nSPS) is 15.1. The summed E-state index contributed by atoms with van der Waals surface area (Å²) in [4.78, 5) is 12.8. The van der Waals surface area contributed by atoms with Crippen LogP contribution in [-0.4, -0.2) is 27.5 Å². The number of ether oxygens (including phenoxy) is 1. The summed E-state index contributed by atoms with van der Waals surface area (Å²) in [5.41, 5.74) is 1.68. The van der Waals surface area contributed by atoms with Crippen LogP contribution in [-0.2, 0) is 14.8 Å². The molecule has 0 saturated carbocycles. The van der Waals surface area contributed by atoms with Gasteiger partial charge in [-0.2, -0.15) is 0 Å². The summed E-state index contributed by atoms with van der Waals surface area (Å²) in [5, 5.41) is 4.65.